The first-order valence-electron chi connectivity index (χ1n) is 10.5. The van der Waals surface area contributed by atoms with Crippen molar-refractivity contribution in [3.63, 3.8) is 0 Å². The fraction of sp³-hybridized carbons (Fsp3) is 0.308. The van der Waals surface area contributed by atoms with Gasteiger partial charge in [0.05, 0.1) is 0 Å². The minimum atomic E-state index is -0.245. The first-order valence-corrected chi connectivity index (χ1v) is 11.4. The summed E-state index contributed by atoms with van der Waals surface area (Å²) < 4.78 is 21.3. The van der Waals surface area contributed by atoms with Crippen LogP contribution in [0.3, 0.4) is 0 Å². The number of phenols is 1. The molecule has 168 valence electrons. The van der Waals surface area contributed by atoms with Crippen LogP contribution in [-0.4, -0.2) is 38.7 Å². The summed E-state index contributed by atoms with van der Waals surface area (Å²) in [5.41, 5.74) is 3.04. The lowest BCUT2D eigenvalue weighted by Crippen LogP contribution is -2.37. The van der Waals surface area contributed by atoms with E-state index >= 15 is 0 Å². The summed E-state index contributed by atoms with van der Waals surface area (Å²) in [6.07, 6.45) is 0. The van der Waals surface area contributed by atoms with Gasteiger partial charge in [0.15, 0.2) is 13.6 Å². The number of fused-ring (bicyclic) bond motifs is 1. The van der Waals surface area contributed by atoms with Crippen molar-refractivity contribution in [2.24, 2.45) is 0 Å². The van der Waals surface area contributed by atoms with Gasteiger partial charge in [0, 0.05) is 41.8 Å². The van der Waals surface area contributed by atoms with Crippen molar-refractivity contribution in [2.75, 3.05) is 33.6 Å². The summed E-state index contributed by atoms with van der Waals surface area (Å²) in [4.78, 5) is 1.16. The van der Waals surface area contributed by atoms with Gasteiger partial charge < -0.3 is 24.1 Å². The fourth-order valence-electron chi connectivity index (χ4n) is 4.30. The maximum Gasteiger partial charge on any atom is 0.188 e. The van der Waals surface area contributed by atoms with Gasteiger partial charge >= 0.3 is 0 Å². The average Bonchev–Trinajstić information content (AvgIpc) is 2.82. The molecule has 0 aromatic heterocycles. The van der Waals surface area contributed by atoms with Gasteiger partial charge in [-0.3, -0.25) is 0 Å². The van der Waals surface area contributed by atoms with Gasteiger partial charge in [-0.05, 0) is 41.5 Å². The van der Waals surface area contributed by atoms with Crippen LogP contribution in [0, 0.1) is 0 Å². The van der Waals surface area contributed by atoms with Crippen molar-refractivity contribution in [3.8, 4) is 17.2 Å². The van der Waals surface area contributed by atoms with E-state index in [0.717, 1.165) is 27.7 Å². The Morgan fingerprint density at radius 3 is 2.22 bits per heavy atom. The zero-order chi connectivity index (χ0) is 22.6. The maximum atomic E-state index is 10.8. The van der Waals surface area contributed by atoms with Crippen molar-refractivity contribution in [2.45, 2.75) is 23.2 Å². The normalized spacial score (nSPS) is 19.9. The topological polar surface area (TPSA) is 57.2 Å². The van der Waals surface area contributed by atoms with Gasteiger partial charge in [0.1, 0.15) is 17.2 Å². The van der Waals surface area contributed by atoms with Gasteiger partial charge in [0.2, 0.25) is 0 Å². The quantitative estimate of drug-likeness (QED) is 0.452. The summed E-state index contributed by atoms with van der Waals surface area (Å²) in [6, 6.07) is 21.9. The summed E-state index contributed by atoms with van der Waals surface area (Å²) >= 11 is 1.81. The summed E-state index contributed by atoms with van der Waals surface area (Å²) in [6.45, 7) is 2.69. The number of para-hydroxylation sites is 1. The zero-order valence-electron chi connectivity index (χ0n) is 18.5. The van der Waals surface area contributed by atoms with Crippen LogP contribution in [0.1, 0.15) is 29.5 Å². The third kappa shape index (κ3) is 4.44. The second-order valence-electron chi connectivity index (χ2n) is 8.02. The number of phenolic OH excluding ortho intramolecular Hbond substituents is 1. The number of hydrogen-bond donors (Lipinski definition) is 1. The van der Waals surface area contributed by atoms with Gasteiger partial charge in [-0.1, -0.05) is 43.3 Å². The Kier molecular flexibility index (Phi) is 6.94. The third-order valence-electron chi connectivity index (χ3n) is 5.91. The molecule has 1 aliphatic rings. The number of methoxy groups -OCH3 is 2. The van der Waals surface area contributed by atoms with Gasteiger partial charge in [-0.2, -0.15) is 0 Å². The molecule has 3 aromatic rings. The average molecular weight is 453 g/mol. The van der Waals surface area contributed by atoms with Crippen LogP contribution < -0.4 is 9.47 Å². The molecule has 1 aliphatic heterocycles. The number of benzene rings is 3. The van der Waals surface area contributed by atoms with Crippen LogP contribution in [0.2, 0.25) is 0 Å². The highest BCUT2D eigenvalue weighted by molar-refractivity contribution is 7.99. The number of hydrogen-bond acceptors (Lipinski definition) is 6. The molecule has 0 fully saturated rings. The van der Waals surface area contributed by atoms with Gasteiger partial charge in [-0.15, -0.1) is 11.8 Å². The van der Waals surface area contributed by atoms with E-state index in [1.165, 1.54) is 11.1 Å². The Morgan fingerprint density at radius 2 is 1.53 bits per heavy atom. The summed E-state index contributed by atoms with van der Waals surface area (Å²) in [5, 5.41) is 10.8. The lowest BCUT2D eigenvalue weighted by molar-refractivity contribution is 0.0508. The Labute approximate surface area is 193 Å². The highest BCUT2D eigenvalue weighted by Crippen LogP contribution is 2.54. The Bertz CT molecular complexity index is 1050. The second-order valence-corrected chi connectivity index (χ2v) is 9.04. The monoisotopic (exact) mass is 452 g/mol. The molecule has 0 saturated carbocycles. The number of thioether (sulfide) groups is 1. The Hall–Kier alpha value is -2.67. The van der Waals surface area contributed by atoms with E-state index in [1.54, 1.807) is 32.0 Å². The maximum absolute atomic E-state index is 10.8. The summed E-state index contributed by atoms with van der Waals surface area (Å²) in [7, 11) is 3.22. The predicted molar refractivity (Wildman–Crippen MR) is 126 cm³/mol. The van der Waals surface area contributed by atoms with E-state index in [9.17, 15) is 5.11 Å². The molecule has 0 radical (unpaired) electrons. The van der Waals surface area contributed by atoms with E-state index in [-0.39, 0.29) is 24.9 Å². The van der Waals surface area contributed by atoms with E-state index in [0.29, 0.717) is 5.75 Å². The first kappa shape index (κ1) is 22.5. The molecule has 4 rings (SSSR count). The van der Waals surface area contributed by atoms with Crippen molar-refractivity contribution in [1.82, 2.24) is 0 Å². The van der Waals surface area contributed by atoms with Crippen molar-refractivity contribution in [1.29, 1.82) is 0 Å². The fourth-order valence-corrected chi connectivity index (χ4v) is 5.64. The minimum absolute atomic E-state index is 0.0258. The van der Waals surface area contributed by atoms with Crippen LogP contribution in [0.5, 0.6) is 17.2 Å². The summed E-state index contributed by atoms with van der Waals surface area (Å²) in [5.74, 6) is 2.67. The van der Waals surface area contributed by atoms with Crippen LogP contribution in [0.25, 0.3) is 0 Å². The molecule has 6 heteroatoms. The zero-order valence-corrected chi connectivity index (χ0v) is 19.4. The predicted octanol–water partition coefficient (Wildman–Crippen LogP) is 5.55. The molecule has 2 unspecified atom stereocenters. The van der Waals surface area contributed by atoms with Crippen molar-refractivity contribution in [3.05, 3.63) is 83.4 Å². The van der Waals surface area contributed by atoms with Crippen LogP contribution in [-0.2, 0) is 14.9 Å². The molecule has 1 heterocycles. The van der Waals surface area contributed by atoms with Crippen LogP contribution in [0.4, 0.5) is 0 Å². The molecule has 3 aromatic carbocycles. The molecule has 0 saturated heterocycles. The van der Waals surface area contributed by atoms with Crippen molar-refractivity contribution < 1.29 is 24.1 Å². The van der Waals surface area contributed by atoms with E-state index in [1.807, 2.05) is 36.4 Å². The van der Waals surface area contributed by atoms with E-state index in [4.69, 9.17) is 18.9 Å². The van der Waals surface area contributed by atoms with Crippen LogP contribution >= 0.6 is 11.8 Å². The molecular weight excluding hydrogens is 424 g/mol. The lowest BCUT2D eigenvalue weighted by atomic mass is 9.66. The molecule has 0 bridgehead atoms. The lowest BCUT2D eigenvalue weighted by Gasteiger charge is -2.43. The number of rotatable bonds is 8. The number of aromatic hydroxyl groups is 1. The van der Waals surface area contributed by atoms with Gasteiger partial charge in [0.25, 0.3) is 0 Å². The largest absolute Gasteiger partial charge is 0.508 e. The molecule has 1 N–H and O–H groups in total. The minimum Gasteiger partial charge on any atom is -0.508 e. The standard InChI is InChI=1S/C26H28O5S/c1-26(18-8-10-19(11-9-18)30-16-28-2)15-32-24-14-20(31-17-29-3)12-13-22(24)25(26)21-6-4-5-7-23(21)27/h4-14,25,27H,15-17H2,1-3H3. The molecular formula is C26H28O5S. The molecule has 2 atom stereocenters. The molecule has 5 nitrogen and oxygen atoms in total. The highest BCUT2D eigenvalue weighted by Gasteiger charge is 2.43. The first-order chi connectivity index (χ1) is 15.6. The second kappa shape index (κ2) is 9.86. The molecule has 0 aliphatic carbocycles. The number of ether oxygens (including phenoxy) is 4. The SMILES string of the molecule is COCOc1ccc(C2(C)CSc3cc(OCOC)ccc3C2c2ccccc2O)cc1. The molecule has 32 heavy (non-hydrogen) atoms. The molecule has 0 spiro atoms. The van der Waals surface area contributed by atoms with E-state index < -0.39 is 0 Å². The third-order valence-corrected chi connectivity index (χ3v) is 7.32. The smallest absolute Gasteiger partial charge is 0.188 e. The van der Waals surface area contributed by atoms with Crippen molar-refractivity contribution >= 4 is 11.8 Å². The van der Waals surface area contributed by atoms with E-state index in [2.05, 4.69) is 31.2 Å². The Morgan fingerprint density at radius 1 is 0.875 bits per heavy atom. The van der Waals surface area contributed by atoms with Crippen LogP contribution in [0.15, 0.2) is 71.6 Å². The Balaban J connectivity index is 1.78. The van der Waals surface area contributed by atoms with Gasteiger partial charge in [-0.25, -0.2) is 0 Å². The molecule has 0 amide bonds. The highest BCUT2D eigenvalue weighted by atomic mass is 32.2.